The van der Waals surface area contributed by atoms with Crippen LogP contribution in [0.2, 0.25) is 0 Å². The molecule has 2 heterocycles. The summed E-state index contributed by atoms with van der Waals surface area (Å²) < 4.78 is 1.17. The molecule has 0 unspecified atom stereocenters. The maximum atomic E-state index is 11.9. The summed E-state index contributed by atoms with van der Waals surface area (Å²) in [4.78, 5) is 31.2. The summed E-state index contributed by atoms with van der Waals surface area (Å²) in [5, 5.41) is 14.9. The second-order valence-electron chi connectivity index (χ2n) is 5.46. The number of rotatable bonds is 8. The van der Waals surface area contributed by atoms with Crippen molar-refractivity contribution in [3.05, 3.63) is 45.4 Å². The second-order valence-corrected chi connectivity index (χ2v) is 7.52. The number of aromatic nitrogens is 2. The molecule has 0 bridgehead atoms. The number of para-hydroxylation sites is 1. The van der Waals surface area contributed by atoms with E-state index in [0.29, 0.717) is 24.4 Å². The van der Waals surface area contributed by atoms with Crippen LogP contribution in [0.15, 0.2) is 29.6 Å². The maximum absolute atomic E-state index is 11.9. The summed E-state index contributed by atoms with van der Waals surface area (Å²) in [6, 6.07) is 8.02. The number of carboxylic acids is 1. The Kier molecular flexibility index (Phi) is 5.72. The smallest absolute Gasteiger partial charge is 0.355 e. The van der Waals surface area contributed by atoms with Gasteiger partial charge in [0.2, 0.25) is 5.91 Å². The topological polar surface area (TPSA) is 92.2 Å². The first-order chi connectivity index (χ1) is 12.1. The van der Waals surface area contributed by atoms with Gasteiger partial charge in [0.15, 0.2) is 5.69 Å². The lowest BCUT2D eigenvalue weighted by Gasteiger charge is -2.03. The van der Waals surface area contributed by atoms with E-state index in [1.54, 1.807) is 11.3 Å². The van der Waals surface area contributed by atoms with Crippen LogP contribution in [0, 0.1) is 0 Å². The van der Waals surface area contributed by atoms with Crippen molar-refractivity contribution in [2.45, 2.75) is 25.7 Å². The third-order valence-corrected chi connectivity index (χ3v) is 5.57. The fourth-order valence-electron chi connectivity index (χ4n) is 2.35. The second kappa shape index (κ2) is 8.17. The van der Waals surface area contributed by atoms with Gasteiger partial charge in [0.05, 0.1) is 20.2 Å². The quantitative estimate of drug-likeness (QED) is 0.631. The predicted octanol–water partition coefficient (Wildman–Crippen LogP) is 3.13. The number of amides is 1. The van der Waals surface area contributed by atoms with Crippen molar-refractivity contribution in [3.8, 4) is 0 Å². The van der Waals surface area contributed by atoms with Gasteiger partial charge in [-0.15, -0.1) is 22.7 Å². The molecule has 2 N–H and O–H groups in total. The Morgan fingerprint density at radius 3 is 2.72 bits per heavy atom. The SMILES string of the molecule is O=C(CCCc1nc2ccccc2s1)NCCc1nc(C(=O)O)cs1. The van der Waals surface area contributed by atoms with Gasteiger partial charge in [-0.2, -0.15) is 0 Å². The fourth-order valence-corrected chi connectivity index (χ4v) is 4.13. The number of aromatic carboxylic acids is 1. The summed E-state index contributed by atoms with van der Waals surface area (Å²) in [6.45, 7) is 0.465. The molecule has 6 nitrogen and oxygen atoms in total. The van der Waals surface area contributed by atoms with Crippen molar-refractivity contribution in [3.63, 3.8) is 0 Å². The molecule has 0 atom stereocenters. The molecule has 1 aromatic carbocycles. The predicted molar refractivity (Wildman–Crippen MR) is 98.3 cm³/mol. The number of thiazole rings is 2. The number of carbonyl (C=O) groups excluding carboxylic acids is 1. The van der Waals surface area contributed by atoms with Crippen LogP contribution >= 0.6 is 22.7 Å². The van der Waals surface area contributed by atoms with Crippen molar-refractivity contribution in [1.29, 1.82) is 0 Å². The molecule has 1 amide bonds. The third-order valence-electron chi connectivity index (χ3n) is 3.56. The van der Waals surface area contributed by atoms with Gasteiger partial charge in [-0.05, 0) is 25.0 Å². The van der Waals surface area contributed by atoms with E-state index in [1.165, 1.54) is 21.4 Å². The summed E-state index contributed by atoms with van der Waals surface area (Å²) in [5.74, 6) is -1.03. The molecule has 0 fully saturated rings. The fraction of sp³-hybridized carbons (Fsp3) is 0.294. The highest BCUT2D eigenvalue weighted by Gasteiger charge is 2.09. The number of benzene rings is 1. The standard InChI is InChI=1S/C17H17N3O3S2/c21-14(18-9-8-15-20-12(10-24-15)17(22)23)6-3-7-16-19-11-4-1-2-5-13(11)25-16/h1-2,4-5,10H,3,6-9H2,(H,18,21)(H,22,23). The largest absolute Gasteiger partial charge is 0.476 e. The first-order valence-corrected chi connectivity index (χ1v) is 9.60. The molecular weight excluding hydrogens is 358 g/mol. The lowest BCUT2D eigenvalue weighted by molar-refractivity contribution is -0.121. The number of nitrogens with one attached hydrogen (secondary N) is 1. The van der Waals surface area contributed by atoms with Gasteiger partial charge in [-0.3, -0.25) is 4.79 Å². The van der Waals surface area contributed by atoms with Gasteiger partial charge in [0.25, 0.3) is 0 Å². The number of nitrogens with zero attached hydrogens (tertiary/aromatic N) is 2. The zero-order chi connectivity index (χ0) is 17.6. The van der Waals surface area contributed by atoms with Crippen LogP contribution in [0.3, 0.4) is 0 Å². The number of aryl methyl sites for hydroxylation is 1. The summed E-state index contributed by atoms with van der Waals surface area (Å²) in [7, 11) is 0. The van der Waals surface area contributed by atoms with E-state index in [9.17, 15) is 9.59 Å². The number of hydrogen-bond donors (Lipinski definition) is 2. The Morgan fingerprint density at radius 1 is 1.12 bits per heavy atom. The zero-order valence-electron chi connectivity index (χ0n) is 13.4. The van der Waals surface area contributed by atoms with Gasteiger partial charge in [-0.25, -0.2) is 14.8 Å². The number of hydrogen-bond acceptors (Lipinski definition) is 6. The molecule has 2 aromatic heterocycles. The van der Waals surface area contributed by atoms with Crippen LogP contribution in [0.1, 0.15) is 33.3 Å². The van der Waals surface area contributed by atoms with Crippen LogP contribution in [0.5, 0.6) is 0 Å². The minimum absolute atomic E-state index is 0.00359. The van der Waals surface area contributed by atoms with E-state index < -0.39 is 5.97 Å². The Labute approximate surface area is 152 Å². The Balaban J connectivity index is 1.37. The lowest BCUT2D eigenvalue weighted by atomic mass is 10.2. The Hall–Kier alpha value is -2.32. The van der Waals surface area contributed by atoms with Gasteiger partial charge >= 0.3 is 5.97 Å². The Morgan fingerprint density at radius 2 is 1.96 bits per heavy atom. The van der Waals surface area contributed by atoms with Crippen molar-refractivity contribution in [1.82, 2.24) is 15.3 Å². The molecule has 130 valence electrons. The normalized spacial score (nSPS) is 10.9. The van der Waals surface area contributed by atoms with E-state index in [-0.39, 0.29) is 11.6 Å². The number of carbonyl (C=O) groups is 2. The zero-order valence-corrected chi connectivity index (χ0v) is 15.0. The Bertz CT molecular complexity index is 855. The summed E-state index contributed by atoms with van der Waals surface area (Å²) in [5.41, 5.74) is 1.07. The highest BCUT2D eigenvalue weighted by atomic mass is 32.1. The van der Waals surface area contributed by atoms with E-state index in [1.807, 2.05) is 18.2 Å². The third kappa shape index (κ3) is 4.83. The minimum atomic E-state index is -1.03. The van der Waals surface area contributed by atoms with Crippen molar-refractivity contribution in [2.75, 3.05) is 6.54 Å². The molecule has 0 radical (unpaired) electrons. The van der Waals surface area contributed by atoms with Gasteiger partial charge in [-0.1, -0.05) is 12.1 Å². The lowest BCUT2D eigenvalue weighted by Crippen LogP contribution is -2.25. The molecule has 25 heavy (non-hydrogen) atoms. The van der Waals surface area contributed by atoms with Crippen LogP contribution in [-0.2, 0) is 17.6 Å². The van der Waals surface area contributed by atoms with Crippen molar-refractivity contribution in [2.24, 2.45) is 0 Å². The molecule has 0 saturated heterocycles. The molecule has 0 spiro atoms. The average molecular weight is 375 g/mol. The summed E-state index contributed by atoms with van der Waals surface area (Å²) in [6.07, 6.45) is 2.54. The van der Waals surface area contributed by atoms with Gasteiger partial charge < -0.3 is 10.4 Å². The molecular formula is C17H17N3O3S2. The highest BCUT2D eigenvalue weighted by molar-refractivity contribution is 7.18. The molecule has 3 rings (SSSR count). The highest BCUT2D eigenvalue weighted by Crippen LogP contribution is 2.22. The van der Waals surface area contributed by atoms with E-state index in [0.717, 1.165) is 23.4 Å². The average Bonchev–Trinajstić information content (AvgIpc) is 3.21. The van der Waals surface area contributed by atoms with Gasteiger partial charge in [0, 0.05) is 24.8 Å². The van der Waals surface area contributed by atoms with E-state index in [4.69, 9.17) is 5.11 Å². The molecule has 0 aliphatic rings. The van der Waals surface area contributed by atoms with Crippen molar-refractivity contribution < 1.29 is 14.7 Å². The molecule has 0 aliphatic carbocycles. The van der Waals surface area contributed by atoms with Crippen LogP contribution in [0.25, 0.3) is 10.2 Å². The van der Waals surface area contributed by atoms with Crippen LogP contribution in [0.4, 0.5) is 0 Å². The van der Waals surface area contributed by atoms with Crippen molar-refractivity contribution >= 4 is 44.8 Å². The number of carboxylic acid groups (broad SMARTS) is 1. The molecule has 0 aliphatic heterocycles. The first-order valence-electron chi connectivity index (χ1n) is 7.90. The van der Waals surface area contributed by atoms with Gasteiger partial charge in [0.1, 0.15) is 0 Å². The van der Waals surface area contributed by atoms with E-state index >= 15 is 0 Å². The maximum Gasteiger partial charge on any atom is 0.355 e. The molecule has 0 saturated carbocycles. The first kappa shape index (κ1) is 17.5. The number of fused-ring (bicyclic) bond motifs is 1. The van der Waals surface area contributed by atoms with Crippen LogP contribution in [-0.4, -0.2) is 33.5 Å². The molecule has 8 heteroatoms. The molecule has 3 aromatic rings. The minimum Gasteiger partial charge on any atom is -0.476 e. The van der Waals surface area contributed by atoms with Crippen LogP contribution < -0.4 is 5.32 Å². The van der Waals surface area contributed by atoms with E-state index in [2.05, 4.69) is 21.4 Å². The monoisotopic (exact) mass is 375 g/mol. The summed E-state index contributed by atoms with van der Waals surface area (Å²) >= 11 is 2.97.